The summed E-state index contributed by atoms with van der Waals surface area (Å²) >= 11 is 1.16. The van der Waals surface area contributed by atoms with Gasteiger partial charge in [0.05, 0.1) is 6.26 Å². The molecule has 1 fully saturated rings. The number of nitrogens with one attached hydrogen (secondary N) is 1. The number of hydrogen-bond donors (Lipinski definition) is 2. The van der Waals surface area contributed by atoms with Gasteiger partial charge in [-0.15, -0.1) is 0 Å². The molecule has 2 rings (SSSR count). The molecule has 20 heavy (non-hydrogen) atoms. The Labute approximate surface area is 121 Å². The van der Waals surface area contributed by atoms with Crippen LogP contribution in [-0.2, 0) is 10.0 Å². The molecule has 1 saturated heterocycles. The van der Waals surface area contributed by atoms with Crippen LogP contribution in [0.25, 0.3) is 0 Å². The Balaban J connectivity index is 2.18. The number of nitrogen functional groups attached to an aromatic ring is 1. The number of amides is 1. The predicted molar refractivity (Wildman–Crippen MR) is 78.5 cm³/mol. The summed E-state index contributed by atoms with van der Waals surface area (Å²) in [6.07, 6.45) is 1.20. The number of carbonyl (C=O) groups is 1. The van der Waals surface area contributed by atoms with Crippen LogP contribution in [0.1, 0.15) is 10.4 Å². The van der Waals surface area contributed by atoms with Crippen molar-refractivity contribution in [1.29, 1.82) is 0 Å². The molecule has 0 bridgehead atoms. The molecule has 0 unspecified atom stereocenters. The molecule has 0 spiro atoms. The van der Waals surface area contributed by atoms with Gasteiger partial charge in [0.1, 0.15) is 10.6 Å². The molecule has 3 N–H and O–H groups in total. The van der Waals surface area contributed by atoms with E-state index >= 15 is 0 Å². The van der Waals surface area contributed by atoms with Gasteiger partial charge in [0.25, 0.3) is 5.91 Å². The summed E-state index contributed by atoms with van der Waals surface area (Å²) in [7, 11) is -1.63. The molecule has 0 aliphatic carbocycles. The van der Waals surface area contributed by atoms with Crippen LogP contribution in [0.5, 0.6) is 0 Å². The summed E-state index contributed by atoms with van der Waals surface area (Å²) < 4.78 is 28.4. The summed E-state index contributed by atoms with van der Waals surface area (Å²) in [5, 5.41) is 3.23. The molecular formula is C10H17N5O3S2. The van der Waals surface area contributed by atoms with Gasteiger partial charge in [0, 0.05) is 33.2 Å². The maximum absolute atomic E-state index is 11.8. The summed E-state index contributed by atoms with van der Waals surface area (Å²) in [5.74, 6) is -0.0771. The van der Waals surface area contributed by atoms with Gasteiger partial charge < -0.3 is 16.0 Å². The van der Waals surface area contributed by atoms with E-state index in [4.69, 9.17) is 5.73 Å². The number of hydrogen-bond acceptors (Lipinski definition) is 7. The predicted octanol–water partition coefficient (Wildman–Crippen LogP) is -0.833. The first kappa shape index (κ1) is 15.0. The number of nitrogens with two attached hydrogens (primary N) is 1. The van der Waals surface area contributed by atoms with Crippen molar-refractivity contribution in [3.63, 3.8) is 0 Å². The maximum atomic E-state index is 11.8. The molecule has 0 saturated carbocycles. The van der Waals surface area contributed by atoms with Crippen molar-refractivity contribution in [2.24, 2.45) is 0 Å². The van der Waals surface area contributed by atoms with E-state index in [2.05, 4.69) is 9.69 Å². The smallest absolute Gasteiger partial charge is 0.257 e. The fraction of sp³-hybridized carbons (Fsp3) is 0.600. The number of carbonyl (C=O) groups excluding carboxylic acids is 1. The Morgan fingerprint density at radius 1 is 1.35 bits per heavy atom. The van der Waals surface area contributed by atoms with Crippen LogP contribution in [0, 0.1) is 0 Å². The lowest BCUT2D eigenvalue weighted by molar-refractivity contribution is 0.0964. The average molecular weight is 319 g/mol. The average Bonchev–Trinajstić information content (AvgIpc) is 2.79. The molecule has 0 radical (unpaired) electrons. The lowest BCUT2D eigenvalue weighted by atomic mass is 10.2. The third-order valence-electron chi connectivity index (χ3n) is 3.15. The van der Waals surface area contributed by atoms with Crippen LogP contribution < -0.4 is 16.0 Å². The largest absolute Gasteiger partial charge is 0.382 e. The monoisotopic (exact) mass is 319 g/mol. The zero-order valence-electron chi connectivity index (χ0n) is 11.3. The number of sulfonamides is 1. The van der Waals surface area contributed by atoms with Gasteiger partial charge in [-0.3, -0.25) is 4.79 Å². The van der Waals surface area contributed by atoms with E-state index in [-0.39, 0.29) is 11.7 Å². The van der Waals surface area contributed by atoms with Crippen molar-refractivity contribution >= 4 is 38.3 Å². The normalized spacial score (nSPS) is 17.2. The minimum atomic E-state index is -3.17. The van der Waals surface area contributed by atoms with Crippen LogP contribution in [0.15, 0.2) is 0 Å². The highest BCUT2D eigenvalue weighted by Crippen LogP contribution is 2.31. The van der Waals surface area contributed by atoms with Crippen molar-refractivity contribution in [3.8, 4) is 0 Å². The fourth-order valence-electron chi connectivity index (χ4n) is 2.07. The lowest BCUT2D eigenvalue weighted by Crippen LogP contribution is -2.48. The molecule has 1 amide bonds. The number of nitrogens with zero attached hydrogens (tertiary/aromatic N) is 3. The number of rotatable bonds is 3. The van der Waals surface area contributed by atoms with Gasteiger partial charge in [-0.1, -0.05) is 0 Å². The minimum Gasteiger partial charge on any atom is -0.382 e. The van der Waals surface area contributed by atoms with Crippen molar-refractivity contribution < 1.29 is 13.2 Å². The highest BCUT2D eigenvalue weighted by atomic mass is 32.2. The van der Waals surface area contributed by atoms with Crippen LogP contribution in [-0.4, -0.2) is 62.5 Å². The second kappa shape index (κ2) is 5.54. The van der Waals surface area contributed by atoms with E-state index in [0.29, 0.717) is 36.7 Å². The topological polar surface area (TPSA) is 109 Å². The molecule has 112 valence electrons. The molecule has 10 heteroatoms. The quantitative estimate of drug-likeness (QED) is 0.752. The number of anilines is 2. The highest BCUT2D eigenvalue weighted by molar-refractivity contribution is 7.88. The third-order valence-corrected chi connectivity index (χ3v) is 5.38. The van der Waals surface area contributed by atoms with Gasteiger partial charge >= 0.3 is 0 Å². The van der Waals surface area contributed by atoms with Crippen molar-refractivity contribution in [2.75, 3.05) is 50.1 Å². The first-order chi connectivity index (χ1) is 9.34. The second-order valence-electron chi connectivity index (χ2n) is 4.48. The van der Waals surface area contributed by atoms with Crippen LogP contribution in [0.3, 0.4) is 0 Å². The first-order valence-electron chi connectivity index (χ1n) is 6.02. The summed E-state index contributed by atoms with van der Waals surface area (Å²) in [6, 6.07) is 0. The highest BCUT2D eigenvalue weighted by Gasteiger charge is 2.28. The molecule has 2 heterocycles. The SMILES string of the molecule is CNC(=O)c1c(N)nsc1N1CCN(S(C)(=O)=O)CC1. The summed E-state index contributed by atoms with van der Waals surface area (Å²) in [6.45, 7) is 1.81. The first-order valence-corrected chi connectivity index (χ1v) is 8.64. The van der Waals surface area contributed by atoms with Gasteiger partial charge in [0.2, 0.25) is 10.0 Å². The standard InChI is InChI=1S/C10H17N5O3S2/c1-12-9(16)7-8(11)13-19-10(7)14-3-5-15(6-4-14)20(2,17)18/h3-6H2,1-2H3,(H2,11,13)(H,12,16). The number of piperazine rings is 1. The fourth-order valence-corrected chi connectivity index (χ4v) is 3.76. The van der Waals surface area contributed by atoms with E-state index in [1.165, 1.54) is 17.6 Å². The van der Waals surface area contributed by atoms with Gasteiger partial charge in [0.15, 0.2) is 5.82 Å². The van der Waals surface area contributed by atoms with Crippen molar-refractivity contribution in [1.82, 2.24) is 14.0 Å². The Hall–Kier alpha value is -1.39. The van der Waals surface area contributed by atoms with Crippen molar-refractivity contribution in [2.45, 2.75) is 0 Å². The van der Waals surface area contributed by atoms with Gasteiger partial charge in [-0.2, -0.15) is 8.68 Å². The minimum absolute atomic E-state index is 0.204. The van der Waals surface area contributed by atoms with Crippen molar-refractivity contribution in [3.05, 3.63) is 5.56 Å². The maximum Gasteiger partial charge on any atom is 0.257 e. The molecule has 0 atom stereocenters. The van der Waals surface area contributed by atoms with E-state index < -0.39 is 10.0 Å². The lowest BCUT2D eigenvalue weighted by Gasteiger charge is -2.33. The molecule has 8 nitrogen and oxygen atoms in total. The molecule has 1 aromatic heterocycles. The van der Waals surface area contributed by atoms with Gasteiger partial charge in [-0.25, -0.2) is 8.42 Å². The Bertz CT molecular complexity index is 604. The number of aromatic nitrogens is 1. The molecular weight excluding hydrogens is 302 g/mol. The zero-order valence-corrected chi connectivity index (χ0v) is 12.9. The Morgan fingerprint density at radius 2 is 1.95 bits per heavy atom. The third kappa shape index (κ3) is 2.86. The molecule has 1 aromatic rings. The van der Waals surface area contributed by atoms with E-state index in [1.807, 2.05) is 4.90 Å². The second-order valence-corrected chi connectivity index (χ2v) is 7.21. The Kier molecular flexibility index (Phi) is 4.16. The summed E-state index contributed by atoms with van der Waals surface area (Å²) in [4.78, 5) is 13.8. The van der Waals surface area contributed by atoms with Gasteiger partial charge in [-0.05, 0) is 11.5 Å². The van der Waals surface area contributed by atoms with E-state index in [0.717, 1.165) is 11.5 Å². The summed E-state index contributed by atoms with van der Waals surface area (Å²) in [5.41, 5.74) is 6.09. The van der Waals surface area contributed by atoms with E-state index in [9.17, 15) is 13.2 Å². The molecule has 0 aromatic carbocycles. The van der Waals surface area contributed by atoms with Crippen LogP contribution in [0.2, 0.25) is 0 Å². The van der Waals surface area contributed by atoms with Crippen LogP contribution >= 0.6 is 11.5 Å². The van der Waals surface area contributed by atoms with E-state index in [1.54, 1.807) is 0 Å². The molecule has 1 aliphatic heterocycles. The molecule has 1 aliphatic rings. The zero-order chi connectivity index (χ0) is 14.9. The Morgan fingerprint density at radius 3 is 2.45 bits per heavy atom. The van der Waals surface area contributed by atoms with Crippen LogP contribution in [0.4, 0.5) is 10.8 Å².